The van der Waals surface area contributed by atoms with Crippen LogP contribution in [0.2, 0.25) is 0 Å². The maximum atomic E-state index is 13.1. The third kappa shape index (κ3) is 4.65. The number of benzene rings is 2. The maximum absolute atomic E-state index is 13.1. The van der Waals surface area contributed by atoms with E-state index in [4.69, 9.17) is 4.74 Å². The van der Waals surface area contributed by atoms with E-state index in [2.05, 4.69) is 19.2 Å². The maximum Gasteiger partial charge on any atom is 0.338 e. The molecule has 5 heteroatoms. The summed E-state index contributed by atoms with van der Waals surface area (Å²) >= 11 is 0. The minimum Gasteiger partial charge on any atom is -0.452 e. The first-order valence-electron chi connectivity index (χ1n) is 7.82. The van der Waals surface area contributed by atoms with Gasteiger partial charge in [-0.25, -0.2) is 9.18 Å². The van der Waals surface area contributed by atoms with Crippen LogP contribution in [0.25, 0.3) is 0 Å². The molecular weight excluding hydrogens is 309 g/mol. The van der Waals surface area contributed by atoms with Gasteiger partial charge in [-0.05, 0) is 42.2 Å². The molecule has 0 unspecified atom stereocenters. The van der Waals surface area contributed by atoms with E-state index in [-0.39, 0.29) is 5.56 Å². The molecule has 4 nitrogen and oxygen atoms in total. The molecule has 126 valence electrons. The van der Waals surface area contributed by atoms with Crippen LogP contribution in [0.15, 0.2) is 48.5 Å². The third-order valence-electron chi connectivity index (χ3n) is 3.77. The zero-order valence-corrected chi connectivity index (χ0v) is 13.7. The number of anilines is 1. The van der Waals surface area contributed by atoms with E-state index in [1.54, 1.807) is 0 Å². The summed E-state index contributed by atoms with van der Waals surface area (Å²) in [7, 11) is 0. The lowest BCUT2D eigenvalue weighted by Crippen LogP contribution is -2.21. The second kappa shape index (κ2) is 8.24. The van der Waals surface area contributed by atoms with E-state index in [1.807, 2.05) is 24.3 Å². The van der Waals surface area contributed by atoms with Crippen molar-refractivity contribution >= 4 is 17.6 Å². The van der Waals surface area contributed by atoms with Gasteiger partial charge in [0.2, 0.25) is 0 Å². The van der Waals surface area contributed by atoms with Gasteiger partial charge in [-0.2, -0.15) is 0 Å². The number of para-hydroxylation sites is 1. The molecular formula is C19H20FNO3. The highest BCUT2D eigenvalue weighted by atomic mass is 19.1. The molecule has 1 amide bonds. The lowest BCUT2D eigenvalue weighted by Gasteiger charge is -2.15. The van der Waals surface area contributed by atoms with Crippen LogP contribution >= 0.6 is 0 Å². The number of carbonyl (C=O) groups is 2. The summed E-state index contributed by atoms with van der Waals surface area (Å²) in [6.07, 6.45) is 0.946. The van der Waals surface area contributed by atoms with Crippen molar-refractivity contribution in [3.8, 4) is 0 Å². The van der Waals surface area contributed by atoms with Gasteiger partial charge in [0.1, 0.15) is 5.82 Å². The number of amides is 1. The number of halogens is 1. The largest absolute Gasteiger partial charge is 0.452 e. The fourth-order valence-corrected chi connectivity index (χ4v) is 2.28. The number of hydrogen-bond acceptors (Lipinski definition) is 3. The Kier molecular flexibility index (Phi) is 6.07. The van der Waals surface area contributed by atoms with Crippen LogP contribution in [0.5, 0.6) is 0 Å². The fraction of sp³-hybridized carbons (Fsp3) is 0.263. The second-order valence-corrected chi connectivity index (χ2v) is 5.53. The lowest BCUT2D eigenvalue weighted by atomic mass is 9.97. The first-order valence-corrected chi connectivity index (χ1v) is 7.82. The summed E-state index contributed by atoms with van der Waals surface area (Å²) in [6.45, 7) is 3.73. The van der Waals surface area contributed by atoms with Crippen molar-refractivity contribution in [3.63, 3.8) is 0 Å². The Bertz CT molecular complexity index is 730. The Morgan fingerprint density at radius 1 is 1.17 bits per heavy atom. The molecule has 0 radical (unpaired) electrons. The van der Waals surface area contributed by atoms with E-state index < -0.39 is 24.3 Å². The van der Waals surface area contributed by atoms with Crippen LogP contribution in [-0.2, 0) is 9.53 Å². The molecule has 0 saturated heterocycles. The smallest absolute Gasteiger partial charge is 0.338 e. The number of esters is 1. The summed E-state index contributed by atoms with van der Waals surface area (Å²) < 4.78 is 18.0. The molecule has 1 N–H and O–H groups in total. The molecule has 0 bridgehead atoms. The molecule has 2 aromatic rings. The Morgan fingerprint density at radius 3 is 2.62 bits per heavy atom. The number of carbonyl (C=O) groups excluding carboxylic acids is 2. The van der Waals surface area contributed by atoms with Crippen LogP contribution < -0.4 is 5.32 Å². The highest BCUT2D eigenvalue weighted by Gasteiger charge is 2.13. The summed E-state index contributed by atoms with van der Waals surface area (Å²) in [5, 5.41) is 2.75. The lowest BCUT2D eigenvalue weighted by molar-refractivity contribution is -0.119. The van der Waals surface area contributed by atoms with Crippen LogP contribution in [0, 0.1) is 5.82 Å². The van der Waals surface area contributed by atoms with Crippen molar-refractivity contribution in [1.82, 2.24) is 0 Å². The highest BCUT2D eigenvalue weighted by Crippen LogP contribution is 2.26. The van der Waals surface area contributed by atoms with Gasteiger partial charge in [0.25, 0.3) is 5.91 Å². The molecule has 0 aliphatic rings. The topological polar surface area (TPSA) is 55.4 Å². The van der Waals surface area contributed by atoms with Crippen molar-refractivity contribution in [2.24, 2.45) is 0 Å². The summed E-state index contributed by atoms with van der Waals surface area (Å²) in [6, 6.07) is 12.7. The molecule has 0 aromatic heterocycles. The molecule has 0 aliphatic carbocycles. The molecule has 0 fully saturated rings. The van der Waals surface area contributed by atoms with Crippen molar-refractivity contribution in [2.75, 3.05) is 11.9 Å². The first-order chi connectivity index (χ1) is 11.5. The zero-order valence-electron chi connectivity index (χ0n) is 13.7. The van der Waals surface area contributed by atoms with Gasteiger partial charge >= 0.3 is 5.97 Å². The predicted octanol–water partition coefficient (Wildman–Crippen LogP) is 4.13. The monoisotopic (exact) mass is 329 g/mol. The zero-order chi connectivity index (χ0) is 17.5. The number of rotatable bonds is 6. The second-order valence-electron chi connectivity index (χ2n) is 5.53. The average molecular weight is 329 g/mol. The normalized spacial score (nSPS) is 11.6. The van der Waals surface area contributed by atoms with Gasteiger partial charge in [0.15, 0.2) is 6.61 Å². The quantitative estimate of drug-likeness (QED) is 0.811. The van der Waals surface area contributed by atoms with Crippen molar-refractivity contribution in [3.05, 3.63) is 65.5 Å². The van der Waals surface area contributed by atoms with E-state index in [1.165, 1.54) is 18.2 Å². The van der Waals surface area contributed by atoms with Gasteiger partial charge in [-0.3, -0.25) is 4.79 Å². The van der Waals surface area contributed by atoms with Gasteiger partial charge in [-0.15, -0.1) is 0 Å². The van der Waals surface area contributed by atoms with Crippen molar-refractivity contribution < 1.29 is 18.7 Å². The van der Waals surface area contributed by atoms with Crippen LogP contribution in [0.4, 0.5) is 10.1 Å². The fourth-order valence-electron chi connectivity index (χ4n) is 2.28. The van der Waals surface area contributed by atoms with Crippen LogP contribution in [0.1, 0.15) is 42.1 Å². The molecule has 0 spiro atoms. The number of hydrogen-bond donors (Lipinski definition) is 1. The van der Waals surface area contributed by atoms with E-state index in [0.29, 0.717) is 11.6 Å². The Hall–Kier alpha value is -2.69. The number of ether oxygens (including phenoxy) is 1. The summed E-state index contributed by atoms with van der Waals surface area (Å²) in [5.41, 5.74) is 1.81. The van der Waals surface area contributed by atoms with Crippen molar-refractivity contribution in [2.45, 2.75) is 26.2 Å². The molecule has 24 heavy (non-hydrogen) atoms. The molecule has 0 aliphatic heterocycles. The first kappa shape index (κ1) is 17.7. The highest BCUT2D eigenvalue weighted by molar-refractivity contribution is 5.96. The Labute approximate surface area is 140 Å². The average Bonchev–Trinajstić information content (AvgIpc) is 2.59. The molecule has 1 atom stereocenters. The predicted molar refractivity (Wildman–Crippen MR) is 90.5 cm³/mol. The van der Waals surface area contributed by atoms with Gasteiger partial charge in [-0.1, -0.05) is 38.1 Å². The van der Waals surface area contributed by atoms with E-state index in [0.717, 1.165) is 18.1 Å². The third-order valence-corrected chi connectivity index (χ3v) is 3.77. The molecule has 2 rings (SSSR count). The Morgan fingerprint density at radius 2 is 1.92 bits per heavy atom. The molecule has 0 saturated carbocycles. The van der Waals surface area contributed by atoms with Gasteiger partial charge < -0.3 is 10.1 Å². The molecule has 2 aromatic carbocycles. The Balaban J connectivity index is 1.96. The minimum atomic E-state index is -0.736. The summed E-state index contributed by atoms with van der Waals surface area (Å²) in [4.78, 5) is 23.8. The number of nitrogens with one attached hydrogen (secondary N) is 1. The van der Waals surface area contributed by atoms with Crippen LogP contribution in [-0.4, -0.2) is 18.5 Å². The standard InChI is InChI=1S/C19H20FNO3/c1-3-13(2)16-9-4-5-10-17(16)21-18(22)12-24-19(23)14-7-6-8-15(20)11-14/h4-11,13H,3,12H2,1-2H3,(H,21,22)/t13-/m0/s1. The SMILES string of the molecule is CC[C@H](C)c1ccccc1NC(=O)COC(=O)c1cccc(F)c1. The van der Waals surface area contributed by atoms with Gasteiger partial charge in [0.05, 0.1) is 5.56 Å². The van der Waals surface area contributed by atoms with E-state index in [9.17, 15) is 14.0 Å². The van der Waals surface area contributed by atoms with E-state index >= 15 is 0 Å². The molecule has 0 heterocycles. The van der Waals surface area contributed by atoms with Gasteiger partial charge in [0, 0.05) is 5.69 Å². The van der Waals surface area contributed by atoms with Crippen molar-refractivity contribution in [1.29, 1.82) is 0 Å². The van der Waals surface area contributed by atoms with Crippen LogP contribution in [0.3, 0.4) is 0 Å². The minimum absolute atomic E-state index is 0.0720. The summed E-state index contributed by atoms with van der Waals surface area (Å²) in [5.74, 6) is -1.40.